The lowest BCUT2D eigenvalue weighted by molar-refractivity contribution is 0.114. The number of nitrogens with zero attached hydrogens (tertiary/aromatic N) is 2. The first-order valence-electron chi connectivity index (χ1n) is 14.0. The van der Waals surface area contributed by atoms with Gasteiger partial charge in [-0.15, -0.1) is 0 Å². The summed E-state index contributed by atoms with van der Waals surface area (Å²) < 4.78 is 11.9. The number of likely N-dealkylation sites (N-methyl/N-ethyl adjacent to an activating group) is 1. The van der Waals surface area contributed by atoms with E-state index in [4.69, 9.17) is 9.47 Å². The Hall–Kier alpha value is -2.76. The van der Waals surface area contributed by atoms with Crippen LogP contribution in [0.1, 0.15) is 42.9 Å². The van der Waals surface area contributed by atoms with Crippen LogP contribution in [0.5, 0.6) is 11.5 Å². The number of methoxy groups -OCH3 is 1. The lowest BCUT2D eigenvalue weighted by Gasteiger charge is -2.41. The van der Waals surface area contributed by atoms with Crippen LogP contribution in [0.3, 0.4) is 0 Å². The van der Waals surface area contributed by atoms with Crippen LogP contribution in [0.25, 0.3) is 0 Å². The van der Waals surface area contributed by atoms with Crippen molar-refractivity contribution in [2.45, 2.75) is 57.7 Å². The Labute approximate surface area is 222 Å². The third-order valence-corrected chi connectivity index (χ3v) is 8.55. The molecule has 0 aromatic heterocycles. The molecular formula is C32H42N2O3. The van der Waals surface area contributed by atoms with E-state index in [-0.39, 0.29) is 6.04 Å². The number of phenolic OH excluding ortho intramolecular Hbond substituents is 1. The van der Waals surface area contributed by atoms with Crippen molar-refractivity contribution >= 4 is 0 Å². The second-order valence-electron chi connectivity index (χ2n) is 11.0. The van der Waals surface area contributed by atoms with Crippen LogP contribution in [-0.4, -0.2) is 60.8 Å². The molecule has 2 aromatic carbocycles. The van der Waals surface area contributed by atoms with Crippen molar-refractivity contribution in [3.8, 4) is 11.5 Å². The molecule has 0 saturated carbocycles. The van der Waals surface area contributed by atoms with Gasteiger partial charge in [0.05, 0.1) is 7.11 Å². The fourth-order valence-electron chi connectivity index (χ4n) is 6.30. The quantitative estimate of drug-likeness (QED) is 0.511. The summed E-state index contributed by atoms with van der Waals surface area (Å²) >= 11 is 0. The van der Waals surface area contributed by atoms with E-state index in [0.717, 1.165) is 69.8 Å². The molecule has 0 spiro atoms. The summed E-state index contributed by atoms with van der Waals surface area (Å²) in [6, 6.07) is 14.9. The van der Waals surface area contributed by atoms with Gasteiger partial charge in [0.2, 0.25) is 0 Å². The Morgan fingerprint density at radius 3 is 2.54 bits per heavy atom. The zero-order chi connectivity index (χ0) is 25.8. The van der Waals surface area contributed by atoms with Crippen molar-refractivity contribution in [2.24, 2.45) is 11.8 Å². The Bertz CT molecular complexity index is 1100. The van der Waals surface area contributed by atoms with E-state index in [1.165, 1.54) is 16.7 Å². The van der Waals surface area contributed by atoms with Crippen molar-refractivity contribution in [3.05, 3.63) is 83.1 Å². The van der Waals surface area contributed by atoms with Crippen LogP contribution in [-0.2, 0) is 24.1 Å². The third-order valence-electron chi connectivity index (χ3n) is 8.55. The minimum absolute atomic E-state index is 0.281. The minimum atomic E-state index is 0.281. The van der Waals surface area contributed by atoms with Crippen molar-refractivity contribution in [1.82, 2.24) is 9.80 Å². The van der Waals surface area contributed by atoms with Crippen LogP contribution < -0.4 is 4.74 Å². The highest BCUT2D eigenvalue weighted by atomic mass is 16.5. The van der Waals surface area contributed by atoms with Crippen LogP contribution in [0.2, 0.25) is 0 Å². The molecule has 2 aliphatic carbocycles. The van der Waals surface area contributed by atoms with Gasteiger partial charge in [-0.05, 0) is 111 Å². The number of aryl methyl sites for hydroxylation is 1. The van der Waals surface area contributed by atoms with Crippen molar-refractivity contribution in [3.63, 3.8) is 0 Å². The molecular weight excluding hydrogens is 460 g/mol. The predicted molar refractivity (Wildman–Crippen MR) is 149 cm³/mol. The molecule has 1 fully saturated rings. The summed E-state index contributed by atoms with van der Waals surface area (Å²) in [6.45, 7) is 6.33. The molecule has 0 radical (unpaired) electrons. The molecule has 5 nitrogen and oxygen atoms in total. The summed E-state index contributed by atoms with van der Waals surface area (Å²) in [7, 11) is 3.94. The number of likely N-dealkylation sites (tertiary alicyclic amines) is 1. The first-order chi connectivity index (χ1) is 18.0. The predicted octanol–water partition coefficient (Wildman–Crippen LogP) is 5.58. The molecule has 198 valence electrons. The molecule has 3 atom stereocenters. The second kappa shape index (κ2) is 11.7. The molecule has 37 heavy (non-hydrogen) atoms. The Balaban J connectivity index is 1.28. The van der Waals surface area contributed by atoms with E-state index in [9.17, 15) is 5.11 Å². The highest BCUT2D eigenvalue weighted by molar-refractivity contribution is 5.37. The highest BCUT2D eigenvalue weighted by Gasteiger charge is 2.34. The van der Waals surface area contributed by atoms with Crippen molar-refractivity contribution in [2.75, 3.05) is 33.8 Å². The van der Waals surface area contributed by atoms with E-state index in [0.29, 0.717) is 23.7 Å². The van der Waals surface area contributed by atoms with Gasteiger partial charge in [0.25, 0.3) is 0 Å². The number of ether oxygens (including phenoxy) is 2. The van der Waals surface area contributed by atoms with E-state index in [2.05, 4.69) is 72.3 Å². The zero-order valence-electron chi connectivity index (χ0n) is 22.6. The maximum absolute atomic E-state index is 9.91. The van der Waals surface area contributed by atoms with Crippen LogP contribution in [0.15, 0.2) is 66.5 Å². The molecule has 1 aliphatic heterocycles. The number of hydrogen-bond acceptors (Lipinski definition) is 5. The van der Waals surface area contributed by atoms with Gasteiger partial charge in [-0.2, -0.15) is 0 Å². The Kier molecular flexibility index (Phi) is 8.21. The maximum Gasteiger partial charge on any atom is 0.119 e. The number of fused-ring (bicyclic) bond motifs is 1. The van der Waals surface area contributed by atoms with Crippen LogP contribution >= 0.6 is 0 Å². The van der Waals surface area contributed by atoms with Gasteiger partial charge in [0.1, 0.15) is 23.4 Å². The van der Waals surface area contributed by atoms with Gasteiger partial charge in [0, 0.05) is 25.7 Å². The molecule has 1 N–H and O–H groups in total. The number of allylic oxidation sites excluding steroid dienone is 1. The molecule has 5 heteroatoms. The van der Waals surface area contributed by atoms with Crippen LogP contribution in [0.4, 0.5) is 0 Å². The average Bonchev–Trinajstić information content (AvgIpc) is 2.93. The van der Waals surface area contributed by atoms with Gasteiger partial charge in [-0.3, -0.25) is 4.90 Å². The van der Waals surface area contributed by atoms with Crippen molar-refractivity contribution < 1.29 is 14.6 Å². The molecule has 5 rings (SSSR count). The lowest BCUT2D eigenvalue weighted by Crippen LogP contribution is -2.43. The standard InChI is InChI=1S/C32H42N2O3/c1-4-34(22-23-5-11-28(12-6-23)37-29-15-17-33(2)18-16-29)32-21-30(36-3)13-14-31(32)26-8-7-25-20-27(35)10-9-24(25)19-26/h5-6,9-14,20-21,26,29,31-32,35H,4,7-8,15-19,22H2,1-3H3/t26-,31?,32?/m1/s1. The Morgan fingerprint density at radius 1 is 1.03 bits per heavy atom. The van der Waals surface area contributed by atoms with E-state index in [1.807, 2.05) is 12.1 Å². The summed E-state index contributed by atoms with van der Waals surface area (Å²) in [5, 5.41) is 9.91. The van der Waals surface area contributed by atoms with E-state index < -0.39 is 0 Å². The van der Waals surface area contributed by atoms with E-state index >= 15 is 0 Å². The molecule has 1 heterocycles. The molecule has 0 bridgehead atoms. The smallest absolute Gasteiger partial charge is 0.119 e. The number of hydrogen-bond donors (Lipinski definition) is 1. The molecule has 2 unspecified atom stereocenters. The zero-order valence-corrected chi connectivity index (χ0v) is 22.6. The fourth-order valence-corrected chi connectivity index (χ4v) is 6.30. The minimum Gasteiger partial charge on any atom is -0.508 e. The normalized spacial score (nSPS) is 24.5. The van der Waals surface area contributed by atoms with Gasteiger partial charge < -0.3 is 19.5 Å². The monoisotopic (exact) mass is 502 g/mol. The van der Waals surface area contributed by atoms with Gasteiger partial charge >= 0.3 is 0 Å². The summed E-state index contributed by atoms with van der Waals surface area (Å²) in [5.41, 5.74) is 3.99. The third kappa shape index (κ3) is 6.22. The average molecular weight is 503 g/mol. The molecule has 1 saturated heterocycles. The van der Waals surface area contributed by atoms with Gasteiger partial charge in [-0.1, -0.05) is 31.2 Å². The molecule has 3 aliphatic rings. The SMILES string of the molecule is CCN(Cc1ccc(OC2CCN(C)CC2)cc1)C1C=C(OC)C=CC1[C@@H]1CCc2cc(O)ccc2C1. The Morgan fingerprint density at radius 2 is 1.81 bits per heavy atom. The molecule has 0 amide bonds. The lowest BCUT2D eigenvalue weighted by atomic mass is 9.72. The summed E-state index contributed by atoms with van der Waals surface area (Å²) in [5.74, 6) is 3.29. The maximum atomic E-state index is 9.91. The summed E-state index contributed by atoms with van der Waals surface area (Å²) in [6.07, 6.45) is 12.6. The van der Waals surface area contributed by atoms with Gasteiger partial charge in [-0.25, -0.2) is 0 Å². The number of benzene rings is 2. The first kappa shape index (κ1) is 25.9. The van der Waals surface area contributed by atoms with Crippen molar-refractivity contribution in [1.29, 1.82) is 0 Å². The topological polar surface area (TPSA) is 45.2 Å². The second-order valence-corrected chi connectivity index (χ2v) is 11.0. The largest absolute Gasteiger partial charge is 0.508 e. The van der Waals surface area contributed by atoms with E-state index in [1.54, 1.807) is 7.11 Å². The van der Waals surface area contributed by atoms with Gasteiger partial charge in [0.15, 0.2) is 0 Å². The number of phenols is 1. The number of piperidine rings is 1. The first-order valence-corrected chi connectivity index (χ1v) is 14.0. The fraction of sp³-hybridized carbons (Fsp3) is 0.500. The molecule has 2 aromatic rings. The number of rotatable bonds is 8. The summed E-state index contributed by atoms with van der Waals surface area (Å²) in [4.78, 5) is 4.95. The highest BCUT2D eigenvalue weighted by Crippen LogP contribution is 2.38. The number of aromatic hydroxyl groups is 1. The van der Waals surface area contributed by atoms with Crippen LogP contribution in [0, 0.1) is 11.8 Å².